The summed E-state index contributed by atoms with van der Waals surface area (Å²) >= 11 is 0. The summed E-state index contributed by atoms with van der Waals surface area (Å²) in [7, 11) is 2.24. The minimum Gasteiger partial charge on any atom is -0.248 e. The number of azo groups is 1. The molecule has 0 amide bonds. The van der Waals surface area contributed by atoms with Gasteiger partial charge in [-0.1, -0.05) is 20.3 Å². The fourth-order valence-electron chi connectivity index (χ4n) is 7.36. The molecule has 3 heterocycles. The molecule has 4 nitrogen and oxygen atoms in total. The van der Waals surface area contributed by atoms with Crippen LogP contribution >= 0.6 is 0 Å². The Hall–Kier alpha value is -0.480. The van der Waals surface area contributed by atoms with Gasteiger partial charge in [0.1, 0.15) is 0 Å². The topological polar surface area (TPSA) is 40.0 Å². The molecule has 0 aromatic heterocycles. The van der Waals surface area contributed by atoms with E-state index in [0.29, 0.717) is 23.9 Å². The van der Waals surface area contributed by atoms with Gasteiger partial charge in [0, 0.05) is 35.4 Å². The number of hydrazine groups is 1. The fraction of sp³-hybridized carbons (Fsp3) is 1.00. The molecule has 21 heavy (non-hydrogen) atoms. The molecule has 0 spiro atoms. The van der Waals surface area contributed by atoms with Gasteiger partial charge in [-0.05, 0) is 38.5 Å². The van der Waals surface area contributed by atoms with Crippen LogP contribution in [0.15, 0.2) is 10.2 Å². The average Bonchev–Trinajstić information content (AvgIpc) is 3.02. The lowest BCUT2D eigenvalue weighted by atomic mass is 9.58. The van der Waals surface area contributed by atoms with Crippen LogP contribution in [0.4, 0.5) is 0 Å². The largest absolute Gasteiger partial charge is 0.248 e. The number of hydrogen-bond donors (Lipinski definition) is 1. The first-order valence-corrected chi connectivity index (χ1v) is 8.75. The molecule has 6 rings (SSSR count). The Bertz CT molecular complexity index is 543. The number of nitrogens with zero attached hydrogens (tertiary/aromatic N) is 3. The Morgan fingerprint density at radius 3 is 2.14 bits per heavy atom. The molecule has 6 aliphatic rings. The maximum Gasteiger partial charge on any atom is 0.0790 e. The van der Waals surface area contributed by atoms with Crippen LogP contribution in [0.2, 0.25) is 0 Å². The van der Waals surface area contributed by atoms with E-state index in [2.05, 4.69) is 45.2 Å². The highest BCUT2D eigenvalue weighted by atomic mass is 15.6. The Balaban J connectivity index is 1.73. The van der Waals surface area contributed by atoms with Gasteiger partial charge in [0.25, 0.3) is 0 Å². The molecule has 1 N–H and O–H groups in total. The lowest BCUT2D eigenvalue weighted by molar-refractivity contribution is -0.0844. The lowest BCUT2D eigenvalue weighted by Gasteiger charge is -2.57. The molecule has 0 aromatic carbocycles. The highest BCUT2D eigenvalue weighted by Gasteiger charge is 2.80. The average molecular weight is 288 g/mol. The highest BCUT2D eigenvalue weighted by molar-refractivity contribution is 5.33. The van der Waals surface area contributed by atoms with Gasteiger partial charge in [-0.2, -0.15) is 10.2 Å². The number of fused-ring (bicyclic) bond motifs is 2. The van der Waals surface area contributed by atoms with Crippen molar-refractivity contribution in [3.63, 3.8) is 0 Å². The summed E-state index contributed by atoms with van der Waals surface area (Å²) in [5.41, 5.74) is 4.43. The fourth-order valence-corrected chi connectivity index (χ4v) is 7.36. The Kier molecular flexibility index (Phi) is 2.09. The van der Waals surface area contributed by atoms with E-state index in [0.717, 1.165) is 11.8 Å². The van der Waals surface area contributed by atoms with Crippen molar-refractivity contribution >= 4 is 0 Å². The molecule has 116 valence electrons. The molecule has 3 saturated carbocycles. The molecule has 3 aliphatic heterocycles. The molecule has 8 unspecified atom stereocenters. The number of hydrogen-bond acceptors (Lipinski definition) is 4. The van der Waals surface area contributed by atoms with Gasteiger partial charge < -0.3 is 0 Å². The van der Waals surface area contributed by atoms with Gasteiger partial charge in [0.05, 0.1) is 12.1 Å². The van der Waals surface area contributed by atoms with Crippen LogP contribution in [0.25, 0.3) is 0 Å². The van der Waals surface area contributed by atoms with Crippen LogP contribution < -0.4 is 5.43 Å². The van der Waals surface area contributed by atoms with Crippen LogP contribution in [0.1, 0.15) is 47.0 Å². The van der Waals surface area contributed by atoms with Gasteiger partial charge in [-0.15, -0.1) is 0 Å². The normalized spacial score (nSPS) is 63.1. The van der Waals surface area contributed by atoms with Gasteiger partial charge in [0.2, 0.25) is 0 Å². The molecular weight excluding hydrogens is 260 g/mol. The predicted molar refractivity (Wildman–Crippen MR) is 81.7 cm³/mol. The van der Waals surface area contributed by atoms with Crippen LogP contribution in [-0.2, 0) is 0 Å². The van der Waals surface area contributed by atoms with E-state index < -0.39 is 0 Å². The van der Waals surface area contributed by atoms with Crippen molar-refractivity contribution in [1.29, 1.82) is 0 Å². The molecule has 8 atom stereocenters. The molecule has 1 saturated heterocycles. The van der Waals surface area contributed by atoms with Gasteiger partial charge >= 0.3 is 0 Å². The third-order valence-electron chi connectivity index (χ3n) is 8.93. The molecule has 4 fully saturated rings. The summed E-state index contributed by atoms with van der Waals surface area (Å²) in [6, 6.07) is 0.947. The van der Waals surface area contributed by atoms with E-state index in [1.165, 1.54) is 19.3 Å². The first-order chi connectivity index (χ1) is 9.84. The van der Waals surface area contributed by atoms with E-state index in [9.17, 15) is 0 Å². The second kappa shape index (κ2) is 3.38. The quantitative estimate of drug-likeness (QED) is 0.744. The maximum absolute atomic E-state index is 4.85. The van der Waals surface area contributed by atoms with Gasteiger partial charge in [0.15, 0.2) is 0 Å². The Morgan fingerprint density at radius 1 is 0.952 bits per heavy atom. The predicted octanol–water partition coefficient (Wildman–Crippen LogP) is 2.86. The number of nitrogens with one attached hydrogen (secondary N) is 1. The van der Waals surface area contributed by atoms with E-state index in [1.54, 1.807) is 0 Å². The molecule has 4 bridgehead atoms. The standard InChI is InChI=1S/C17H28N4/c1-15(2)16(3)11-12(17(15,4)21(5)20-16)14-10-8-6-7-9(10)13(11)18-19-14/h9-14,20H,6-8H2,1-5H3. The van der Waals surface area contributed by atoms with Crippen LogP contribution in [-0.4, -0.2) is 35.2 Å². The van der Waals surface area contributed by atoms with E-state index >= 15 is 0 Å². The van der Waals surface area contributed by atoms with E-state index in [4.69, 9.17) is 10.2 Å². The minimum atomic E-state index is 0.150. The SMILES string of the molecule is CN1NC2(C)C3C4N=NC(C5CCCC54)C3C1(C)C2(C)C. The van der Waals surface area contributed by atoms with Crippen molar-refractivity contribution in [2.45, 2.75) is 70.1 Å². The Morgan fingerprint density at radius 2 is 1.52 bits per heavy atom. The summed E-state index contributed by atoms with van der Waals surface area (Å²) in [5.74, 6) is 2.97. The maximum atomic E-state index is 4.85. The van der Waals surface area contributed by atoms with Crippen molar-refractivity contribution in [3.8, 4) is 0 Å². The van der Waals surface area contributed by atoms with Crippen LogP contribution in [0.5, 0.6) is 0 Å². The molecule has 0 radical (unpaired) electrons. The zero-order chi connectivity index (χ0) is 14.8. The molecular formula is C17H28N4. The summed E-state index contributed by atoms with van der Waals surface area (Å²) < 4.78 is 0. The van der Waals surface area contributed by atoms with Crippen molar-refractivity contribution < 1.29 is 0 Å². The van der Waals surface area contributed by atoms with Gasteiger partial charge in [-0.25, -0.2) is 10.4 Å². The first-order valence-electron chi connectivity index (χ1n) is 8.75. The van der Waals surface area contributed by atoms with Crippen molar-refractivity contribution in [1.82, 2.24) is 10.4 Å². The summed E-state index contributed by atoms with van der Waals surface area (Å²) in [4.78, 5) is 0. The minimum absolute atomic E-state index is 0.150. The van der Waals surface area contributed by atoms with Crippen molar-refractivity contribution in [2.75, 3.05) is 7.05 Å². The second-order valence-corrected chi connectivity index (χ2v) is 9.17. The monoisotopic (exact) mass is 288 g/mol. The van der Waals surface area contributed by atoms with Crippen molar-refractivity contribution in [2.24, 2.45) is 39.3 Å². The molecule has 3 aliphatic carbocycles. The Labute approximate surface area is 127 Å². The van der Waals surface area contributed by atoms with Crippen molar-refractivity contribution in [3.05, 3.63) is 0 Å². The lowest BCUT2D eigenvalue weighted by Crippen LogP contribution is -2.69. The van der Waals surface area contributed by atoms with Crippen LogP contribution in [0.3, 0.4) is 0 Å². The zero-order valence-electron chi connectivity index (χ0n) is 13.9. The third-order valence-corrected chi connectivity index (χ3v) is 8.93. The van der Waals surface area contributed by atoms with Crippen LogP contribution in [0, 0.1) is 29.1 Å². The molecule has 4 heteroatoms. The molecule has 0 aromatic rings. The summed E-state index contributed by atoms with van der Waals surface area (Å²) in [6.45, 7) is 9.88. The number of rotatable bonds is 0. The summed E-state index contributed by atoms with van der Waals surface area (Å²) in [6.07, 6.45) is 4.17. The summed E-state index contributed by atoms with van der Waals surface area (Å²) in [5, 5.41) is 12.1. The second-order valence-electron chi connectivity index (χ2n) is 9.17. The van der Waals surface area contributed by atoms with E-state index in [-0.39, 0.29) is 16.5 Å². The van der Waals surface area contributed by atoms with E-state index in [1.807, 2.05) is 0 Å². The highest BCUT2D eigenvalue weighted by Crippen LogP contribution is 2.72. The third kappa shape index (κ3) is 1.05. The first kappa shape index (κ1) is 13.0. The smallest absolute Gasteiger partial charge is 0.0790 e. The zero-order valence-corrected chi connectivity index (χ0v) is 13.9. The van der Waals surface area contributed by atoms with Gasteiger partial charge in [-0.3, -0.25) is 0 Å².